The maximum Gasteiger partial charge on any atom is 0.257 e. The van der Waals surface area contributed by atoms with Crippen LogP contribution in [0, 0.1) is 11.6 Å². The molecule has 1 saturated carbocycles. The first-order valence-corrected chi connectivity index (χ1v) is 11.8. The SMILES string of the molecule is COc1ccc(-c2cn(-c3ccc(F)cc3)c(NC(=O)CN(C(=O)c3ccccc3F)C3CC3)n2)cc1. The lowest BCUT2D eigenvalue weighted by Gasteiger charge is -2.22. The van der Waals surface area contributed by atoms with Crippen molar-refractivity contribution < 1.29 is 23.1 Å². The van der Waals surface area contributed by atoms with Crippen molar-refractivity contribution in [2.24, 2.45) is 0 Å². The summed E-state index contributed by atoms with van der Waals surface area (Å²) in [6, 6.07) is 18.6. The van der Waals surface area contributed by atoms with E-state index in [9.17, 15) is 18.4 Å². The Kier molecular flexibility index (Phi) is 6.68. The molecule has 0 unspecified atom stereocenters. The summed E-state index contributed by atoms with van der Waals surface area (Å²) >= 11 is 0. The van der Waals surface area contributed by atoms with Gasteiger partial charge in [-0.1, -0.05) is 12.1 Å². The minimum Gasteiger partial charge on any atom is -0.497 e. The van der Waals surface area contributed by atoms with Gasteiger partial charge in [-0.15, -0.1) is 0 Å². The first-order chi connectivity index (χ1) is 17.9. The lowest BCUT2D eigenvalue weighted by molar-refractivity contribution is -0.117. The van der Waals surface area contributed by atoms with Gasteiger partial charge in [0.2, 0.25) is 11.9 Å². The molecule has 1 aliphatic carbocycles. The zero-order valence-corrected chi connectivity index (χ0v) is 20.0. The van der Waals surface area contributed by atoms with Gasteiger partial charge in [0.05, 0.1) is 18.4 Å². The standard InChI is InChI=1S/C28H24F2N4O3/c1-37-22-14-6-18(7-15-22)25-16-34(21-10-8-19(29)9-11-21)28(31-25)32-26(35)17-33(20-12-13-20)27(36)23-4-2-3-5-24(23)30/h2-11,14-16,20H,12-13,17H2,1H3,(H,31,32,35). The van der Waals surface area contributed by atoms with E-state index in [4.69, 9.17) is 4.74 Å². The number of imidazole rings is 1. The van der Waals surface area contributed by atoms with Crippen LogP contribution in [0.25, 0.3) is 16.9 Å². The lowest BCUT2D eigenvalue weighted by Crippen LogP contribution is -2.40. The van der Waals surface area contributed by atoms with Crippen molar-refractivity contribution >= 4 is 17.8 Å². The maximum atomic E-state index is 14.3. The van der Waals surface area contributed by atoms with Crippen LogP contribution in [-0.4, -0.2) is 46.0 Å². The van der Waals surface area contributed by atoms with Gasteiger partial charge in [-0.3, -0.25) is 19.5 Å². The molecule has 1 N–H and O–H groups in total. The van der Waals surface area contributed by atoms with Gasteiger partial charge in [0.1, 0.15) is 23.9 Å². The largest absolute Gasteiger partial charge is 0.497 e. The lowest BCUT2D eigenvalue weighted by atomic mass is 10.1. The Hall–Kier alpha value is -4.53. The van der Waals surface area contributed by atoms with E-state index in [1.165, 1.54) is 35.2 Å². The fourth-order valence-corrected chi connectivity index (χ4v) is 4.03. The molecule has 37 heavy (non-hydrogen) atoms. The van der Waals surface area contributed by atoms with E-state index in [1.807, 2.05) is 12.1 Å². The predicted molar refractivity (Wildman–Crippen MR) is 135 cm³/mol. The highest BCUT2D eigenvalue weighted by Gasteiger charge is 2.35. The summed E-state index contributed by atoms with van der Waals surface area (Å²) in [6.07, 6.45) is 3.23. The molecular formula is C28H24F2N4O3. The molecule has 0 spiro atoms. The number of nitrogens with zero attached hydrogens (tertiary/aromatic N) is 3. The smallest absolute Gasteiger partial charge is 0.257 e. The van der Waals surface area contributed by atoms with Crippen LogP contribution >= 0.6 is 0 Å². The number of rotatable bonds is 8. The van der Waals surface area contributed by atoms with Gasteiger partial charge in [-0.05, 0) is 73.5 Å². The molecule has 3 aromatic carbocycles. The van der Waals surface area contributed by atoms with E-state index in [0.29, 0.717) is 17.1 Å². The zero-order valence-electron chi connectivity index (χ0n) is 20.0. The summed E-state index contributed by atoms with van der Waals surface area (Å²) in [5.74, 6) is -1.14. The molecule has 0 atom stereocenters. The number of carbonyl (C=O) groups excluding carboxylic acids is 2. The molecule has 1 fully saturated rings. The first-order valence-electron chi connectivity index (χ1n) is 11.8. The third kappa shape index (κ3) is 5.35. The van der Waals surface area contributed by atoms with Crippen LogP contribution < -0.4 is 10.1 Å². The molecule has 2 amide bonds. The van der Waals surface area contributed by atoms with Gasteiger partial charge in [0.15, 0.2) is 0 Å². The Morgan fingerprint density at radius 3 is 2.38 bits per heavy atom. The monoisotopic (exact) mass is 502 g/mol. The second-order valence-corrected chi connectivity index (χ2v) is 8.72. The molecule has 1 aromatic heterocycles. The number of carbonyl (C=O) groups is 2. The molecule has 7 nitrogen and oxygen atoms in total. The van der Waals surface area contributed by atoms with Gasteiger partial charge < -0.3 is 9.64 Å². The molecular weight excluding hydrogens is 478 g/mol. The highest BCUT2D eigenvalue weighted by molar-refractivity contribution is 5.99. The minimum atomic E-state index is -0.630. The normalized spacial score (nSPS) is 12.7. The summed E-state index contributed by atoms with van der Waals surface area (Å²) in [4.78, 5) is 32.1. The van der Waals surface area contributed by atoms with Crippen LogP contribution in [0.2, 0.25) is 0 Å². The van der Waals surface area contributed by atoms with Crippen molar-refractivity contribution in [2.45, 2.75) is 18.9 Å². The molecule has 9 heteroatoms. The van der Waals surface area contributed by atoms with Crippen molar-refractivity contribution in [3.8, 4) is 22.7 Å². The molecule has 1 aliphatic rings. The number of anilines is 1. The van der Waals surface area contributed by atoms with Crippen molar-refractivity contribution in [3.05, 3.63) is 96.2 Å². The third-order valence-electron chi connectivity index (χ3n) is 6.11. The summed E-state index contributed by atoms with van der Waals surface area (Å²) in [6.45, 7) is -0.258. The van der Waals surface area contributed by atoms with E-state index < -0.39 is 23.4 Å². The van der Waals surface area contributed by atoms with E-state index in [1.54, 1.807) is 48.2 Å². The summed E-state index contributed by atoms with van der Waals surface area (Å²) < 4.78 is 34.7. The molecule has 5 rings (SSSR count). The number of methoxy groups -OCH3 is 1. The average Bonchev–Trinajstić information content (AvgIpc) is 3.67. The number of aromatic nitrogens is 2. The Bertz CT molecular complexity index is 1430. The molecule has 4 aromatic rings. The molecule has 0 radical (unpaired) electrons. The number of hydrogen-bond acceptors (Lipinski definition) is 4. The number of ether oxygens (including phenoxy) is 1. The maximum absolute atomic E-state index is 14.3. The van der Waals surface area contributed by atoms with E-state index in [2.05, 4.69) is 10.3 Å². The Balaban J connectivity index is 1.42. The molecule has 1 heterocycles. The number of amides is 2. The molecule has 0 aliphatic heterocycles. The first kappa shape index (κ1) is 24.2. The second-order valence-electron chi connectivity index (χ2n) is 8.72. The van der Waals surface area contributed by atoms with Crippen LogP contribution in [0.3, 0.4) is 0 Å². The number of nitrogens with one attached hydrogen (secondary N) is 1. The van der Waals surface area contributed by atoms with Crippen molar-refractivity contribution in [2.75, 3.05) is 19.0 Å². The van der Waals surface area contributed by atoms with Crippen LogP contribution in [0.15, 0.2) is 79.0 Å². The summed E-state index contributed by atoms with van der Waals surface area (Å²) in [5.41, 5.74) is 1.87. The van der Waals surface area contributed by atoms with Crippen LogP contribution in [0.5, 0.6) is 5.75 Å². The zero-order chi connectivity index (χ0) is 25.9. The topological polar surface area (TPSA) is 76.5 Å². The van der Waals surface area contributed by atoms with Gasteiger partial charge in [0.25, 0.3) is 5.91 Å². The van der Waals surface area contributed by atoms with Crippen LogP contribution in [0.1, 0.15) is 23.2 Å². The molecule has 188 valence electrons. The van der Waals surface area contributed by atoms with Crippen molar-refractivity contribution in [3.63, 3.8) is 0 Å². The van der Waals surface area contributed by atoms with Gasteiger partial charge in [-0.25, -0.2) is 13.8 Å². The fourth-order valence-electron chi connectivity index (χ4n) is 4.03. The Morgan fingerprint density at radius 2 is 1.73 bits per heavy atom. The van der Waals surface area contributed by atoms with Gasteiger partial charge in [0, 0.05) is 23.5 Å². The summed E-state index contributed by atoms with van der Waals surface area (Å²) in [7, 11) is 1.58. The summed E-state index contributed by atoms with van der Waals surface area (Å²) in [5, 5.41) is 2.78. The third-order valence-corrected chi connectivity index (χ3v) is 6.11. The van der Waals surface area contributed by atoms with Gasteiger partial charge in [-0.2, -0.15) is 0 Å². The van der Waals surface area contributed by atoms with Crippen molar-refractivity contribution in [1.29, 1.82) is 0 Å². The molecule has 0 saturated heterocycles. The minimum absolute atomic E-state index is 0.0724. The van der Waals surface area contributed by atoms with Crippen LogP contribution in [-0.2, 0) is 4.79 Å². The van der Waals surface area contributed by atoms with Gasteiger partial charge >= 0.3 is 0 Å². The quantitative estimate of drug-likeness (QED) is 0.365. The number of benzene rings is 3. The van der Waals surface area contributed by atoms with Crippen molar-refractivity contribution in [1.82, 2.24) is 14.5 Å². The Morgan fingerprint density at radius 1 is 1.03 bits per heavy atom. The number of hydrogen-bond donors (Lipinski definition) is 1. The average molecular weight is 503 g/mol. The highest BCUT2D eigenvalue weighted by atomic mass is 19.1. The van der Waals surface area contributed by atoms with E-state index in [-0.39, 0.29) is 24.1 Å². The predicted octanol–water partition coefficient (Wildman–Crippen LogP) is 5.07. The molecule has 0 bridgehead atoms. The van der Waals surface area contributed by atoms with E-state index >= 15 is 0 Å². The van der Waals surface area contributed by atoms with E-state index in [0.717, 1.165) is 18.4 Å². The Labute approximate surface area is 212 Å². The number of halogens is 2. The highest BCUT2D eigenvalue weighted by Crippen LogP contribution is 2.29. The van der Waals surface area contributed by atoms with Crippen LogP contribution in [0.4, 0.5) is 14.7 Å². The second kappa shape index (κ2) is 10.2. The fraction of sp³-hybridized carbons (Fsp3) is 0.179.